The second-order valence-corrected chi connectivity index (χ2v) is 4.59. The first-order chi connectivity index (χ1) is 8.34. The van der Waals surface area contributed by atoms with E-state index in [1.807, 2.05) is 16.8 Å². The Morgan fingerprint density at radius 3 is 3.24 bits per heavy atom. The van der Waals surface area contributed by atoms with E-state index in [0.717, 1.165) is 17.9 Å². The number of nitrogens with one attached hydrogen (secondary N) is 1. The molecular weight excluding hydrogens is 214 g/mol. The van der Waals surface area contributed by atoms with E-state index in [9.17, 15) is 0 Å². The van der Waals surface area contributed by atoms with Crippen LogP contribution in [0.2, 0.25) is 0 Å². The molecule has 17 heavy (non-hydrogen) atoms. The van der Waals surface area contributed by atoms with Gasteiger partial charge in [0.15, 0.2) is 5.82 Å². The van der Waals surface area contributed by atoms with Crippen molar-refractivity contribution >= 4 is 11.3 Å². The predicted octanol–water partition coefficient (Wildman–Crippen LogP) is 1.24. The molecular formula is C12H17N5. The molecule has 3 heterocycles. The van der Waals surface area contributed by atoms with E-state index in [-0.39, 0.29) is 0 Å². The molecule has 3 rings (SSSR count). The fraction of sp³-hybridized carbons (Fsp3) is 0.500. The summed E-state index contributed by atoms with van der Waals surface area (Å²) in [6.45, 7) is 2.16. The van der Waals surface area contributed by atoms with Gasteiger partial charge in [0.2, 0.25) is 0 Å². The zero-order chi connectivity index (χ0) is 11.7. The number of fused-ring (bicyclic) bond motifs is 1. The maximum Gasteiger partial charge on any atom is 0.152 e. The Balaban J connectivity index is 1.74. The summed E-state index contributed by atoms with van der Waals surface area (Å²) in [4.78, 5) is 6.78. The number of hydrogen-bond donors (Lipinski definition) is 1. The van der Waals surface area contributed by atoms with Crippen LogP contribution in [0, 0.1) is 0 Å². The SMILES string of the molecule is CN1CCCC1CNc1nccn2nccc12. The van der Waals surface area contributed by atoms with Gasteiger partial charge in [0.05, 0.1) is 6.20 Å². The van der Waals surface area contributed by atoms with Crippen LogP contribution in [0.5, 0.6) is 0 Å². The number of anilines is 1. The van der Waals surface area contributed by atoms with Gasteiger partial charge in [-0.15, -0.1) is 0 Å². The molecule has 0 bridgehead atoms. The largest absolute Gasteiger partial charge is 0.367 e. The Morgan fingerprint density at radius 2 is 2.41 bits per heavy atom. The summed E-state index contributed by atoms with van der Waals surface area (Å²) in [7, 11) is 2.19. The summed E-state index contributed by atoms with van der Waals surface area (Å²) in [6, 6.07) is 2.60. The summed E-state index contributed by atoms with van der Waals surface area (Å²) < 4.78 is 1.84. The minimum atomic E-state index is 0.625. The maximum atomic E-state index is 4.37. The number of rotatable bonds is 3. The van der Waals surface area contributed by atoms with Crippen LogP contribution in [0.3, 0.4) is 0 Å². The van der Waals surface area contributed by atoms with Crippen LogP contribution >= 0.6 is 0 Å². The van der Waals surface area contributed by atoms with Gasteiger partial charge < -0.3 is 10.2 Å². The number of hydrogen-bond acceptors (Lipinski definition) is 4. The number of likely N-dealkylation sites (N-methyl/N-ethyl adjacent to an activating group) is 1. The molecule has 1 fully saturated rings. The Morgan fingerprint density at radius 1 is 1.47 bits per heavy atom. The third-order valence-corrected chi connectivity index (χ3v) is 3.50. The quantitative estimate of drug-likeness (QED) is 0.863. The average molecular weight is 231 g/mol. The third kappa shape index (κ3) is 1.98. The van der Waals surface area contributed by atoms with E-state index in [0.29, 0.717) is 6.04 Å². The first-order valence-corrected chi connectivity index (χ1v) is 6.07. The van der Waals surface area contributed by atoms with Crippen LogP contribution < -0.4 is 5.32 Å². The van der Waals surface area contributed by atoms with E-state index in [4.69, 9.17) is 0 Å². The van der Waals surface area contributed by atoms with E-state index in [1.165, 1.54) is 19.4 Å². The van der Waals surface area contributed by atoms with Gasteiger partial charge in [-0.05, 0) is 32.5 Å². The molecule has 2 aromatic rings. The highest BCUT2D eigenvalue weighted by Crippen LogP contribution is 2.17. The van der Waals surface area contributed by atoms with Crippen LogP contribution in [0.1, 0.15) is 12.8 Å². The molecule has 5 heteroatoms. The fourth-order valence-electron chi connectivity index (χ4n) is 2.45. The van der Waals surface area contributed by atoms with Crippen molar-refractivity contribution in [2.24, 2.45) is 0 Å². The van der Waals surface area contributed by atoms with Gasteiger partial charge in [-0.25, -0.2) is 9.50 Å². The van der Waals surface area contributed by atoms with Gasteiger partial charge in [-0.3, -0.25) is 0 Å². The Hall–Kier alpha value is -1.62. The van der Waals surface area contributed by atoms with Crippen LogP contribution in [-0.4, -0.2) is 45.7 Å². The first-order valence-electron chi connectivity index (χ1n) is 6.07. The van der Waals surface area contributed by atoms with Crippen molar-refractivity contribution in [3.63, 3.8) is 0 Å². The van der Waals surface area contributed by atoms with E-state index >= 15 is 0 Å². The van der Waals surface area contributed by atoms with Crippen molar-refractivity contribution in [1.29, 1.82) is 0 Å². The van der Waals surface area contributed by atoms with E-state index < -0.39 is 0 Å². The fourth-order valence-corrected chi connectivity index (χ4v) is 2.45. The second-order valence-electron chi connectivity index (χ2n) is 4.59. The number of aromatic nitrogens is 3. The molecule has 0 aromatic carbocycles. The van der Waals surface area contributed by atoms with Gasteiger partial charge in [0.1, 0.15) is 5.52 Å². The zero-order valence-electron chi connectivity index (χ0n) is 10.0. The molecule has 0 spiro atoms. The molecule has 1 unspecified atom stereocenters. The van der Waals surface area contributed by atoms with Gasteiger partial charge in [-0.2, -0.15) is 5.10 Å². The molecule has 1 atom stereocenters. The normalized spacial score (nSPS) is 21.1. The molecule has 1 saturated heterocycles. The van der Waals surface area contributed by atoms with Crippen molar-refractivity contribution < 1.29 is 0 Å². The highest BCUT2D eigenvalue weighted by molar-refractivity contribution is 5.66. The molecule has 90 valence electrons. The van der Waals surface area contributed by atoms with Gasteiger partial charge in [0.25, 0.3) is 0 Å². The first kappa shape index (κ1) is 10.5. The Bertz CT molecular complexity index is 506. The Labute approximate surface area is 100 Å². The lowest BCUT2D eigenvalue weighted by atomic mass is 10.2. The molecule has 1 aliphatic rings. The smallest absolute Gasteiger partial charge is 0.152 e. The maximum absolute atomic E-state index is 4.37. The highest BCUT2D eigenvalue weighted by Gasteiger charge is 2.20. The molecule has 0 amide bonds. The van der Waals surface area contributed by atoms with Crippen molar-refractivity contribution in [2.75, 3.05) is 25.5 Å². The average Bonchev–Trinajstić information content (AvgIpc) is 2.95. The molecule has 0 saturated carbocycles. The van der Waals surface area contributed by atoms with Gasteiger partial charge in [-0.1, -0.05) is 0 Å². The van der Waals surface area contributed by atoms with Crippen LogP contribution in [0.25, 0.3) is 5.52 Å². The molecule has 0 radical (unpaired) electrons. The summed E-state index contributed by atoms with van der Waals surface area (Å²) in [5.74, 6) is 0.922. The lowest BCUT2D eigenvalue weighted by Crippen LogP contribution is -2.31. The third-order valence-electron chi connectivity index (χ3n) is 3.50. The minimum Gasteiger partial charge on any atom is -0.367 e. The van der Waals surface area contributed by atoms with Crippen molar-refractivity contribution in [3.8, 4) is 0 Å². The molecule has 2 aromatic heterocycles. The highest BCUT2D eigenvalue weighted by atomic mass is 15.2. The predicted molar refractivity (Wildman–Crippen MR) is 67.1 cm³/mol. The van der Waals surface area contributed by atoms with Crippen molar-refractivity contribution in [1.82, 2.24) is 19.5 Å². The number of nitrogens with zero attached hydrogens (tertiary/aromatic N) is 4. The van der Waals surface area contributed by atoms with E-state index in [1.54, 1.807) is 12.4 Å². The standard InChI is InChI=1S/C12H17N5/c1-16-7-2-3-10(16)9-14-12-11-4-5-15-17(11)8-6-13-12/h4-6,8,10H,2-3,7,9H2,1H3,(H,13,14). The molecule has 5 nitrogen and oxygen atoms in total. The molecule has 0 aliphatic carbocycles. The second kappa shape index (κ2) is 4.33. The Kier molecular flexibility index (Phi) is 2.68. The number of likely N-dealkylation sites (tertiary alicyclic amines) is 1. The molecule has 1 aliphatic heterocycles. The summed E-state index contributed by atoms with van der Waals surface area (Å²) in [6.07, 6.45) is 8.01. The van der Waals surface area contributed by atoms with Crippen molar-refractivity contribution in [2.45, 2.75) is 18.9 Å². The summed E-state index contributed by atoms with van der Waals surface area (Å²) in [5, 5.41) is 7.63. The lowest BCUT2D eigenvalue weighted by Gasteiger charge is -2.20. The minimum absolute atomic E-state index is 0.625. The lowest BCUT2D eigenvalue weighted by molar-refractivity contribution is 0.322. The van der Waals surface area contributed by atoms with E-state index in [2.05, 4.69) is 27.3 Å². The van der Waals surface area contributed by atoms with Crippen molar-refractivity contribution in [3.05, 3.63) is 24.7 Å². The topological polar surface area (TPSA) is 45.5 Å². The molecule has 1 N–H and O–H groups in total. The van der Waals surface area contributed by atoms with Gasteiger partial charge in [0, 0.05) is 25.0 Å². The summed E-state index contributed by atoms with van der Waals surface area (Å²) in [5.41, 5.74) is 1.04. The van der Waals surface area contributed by atoms with Crippen LogP contribution in [0.4, 0.5) is 5.82 Å². The van der Waals surface area contributed by atoms with Crippen LogP contribution in [0.15, 0.2) is 24.7 Å². The zero-order valence-corrected chi connectivity index (χ0v) is 10.0. The van der Waals surface area contributed by atoms with Crippen LogP contribution in [-0.2, 0) is 0 Å². The van der Waals surface area contributed by atoms with Gasteiger partial charge >= 0.3 is 0 Å². The monoisotopic (exact) mass is 231 g/mol. The summed E-state index contributed by atoms with van der Waals surface area (Å²) >= 11 is 0.